The molecule has 2 aliphatic rings. The van der Waals surface area contributed by atoms with Crippen LogP contribution in [0.25, 0.3) is 22.4 Å². The van der Waals surface area contributed by atoms with Gasteiger partial charge in [-0.15, -0.1) is 5.10 Å². The number of rotatable bonds is 4. The highest BCUT2D eigenvalue weighted by molar-refractivity contribution is 6.35. The van der Waals surface area contributed by atoms with Crippen LogP contribution in [0.15, 0.2) is 22.7 Å². The van der Waals surface area contributed by atoms with Gasteiger partial charge in [-0.3, -0.25) is 9.48 Å². The van der Waals surface area contributed by atoms with Gasteiger partial charge >= 0.3 is 6.01 Å². The summed E-state index contributed by atoms with van der Waals surface area (Å²) in [6, 6.07) is 3.84. The number of benzene rings is 1. The van der Waals surface area contributed by atoms with Gasteiger partial charge < -0.3 is 14.6 Å². The van der Waals surface area contributed by atoms with Gasteiger partial charge in [-0.25, -0.2) is 0 Å². The molecule has 1 saturated heterocycles. The lowest BCUT2D eigenvalue weighted by Gasteiger charge is -2.32. The third kappa shape index (κ3) is 3.01. The predicted octanol–water partition coefficient (Wildman–Crippen LogP) is 3.09. The summed E-state index contributed by atoms with van der Waals surface area (Å²) in [6.07, 6.45) is 6.63. The first kappa shape index (κ1) is 17.5. The summed E-state index contributed by atoms with van der Waals surface area (Å²) in [4.78, 5) is 14.4. The highest BCUT2D eigenvalue weighted by Gasteiger charge is 2.44. The number of carbonyl (C=O) groups excluding carboxylic acids is 1. The van der Waals surface area contributed by atoms with E-state index in [-0.39, 0.29) is 18.5 Å². The number of fused-ring (bicyclic) bond motifs is 1. The van der Waals surface area contributed by atoms with Crippen LogP contribution in [0, 0.1) is 5.41 Å². The Morgan fingerprint density at radius 1 is 1.25 bits per heavy atom. The number of amides is 1. The van der Waals surface area contributed by atoms with Crippen molar-refractivity contribution in [2.75, 3.05) is 25.0 Å². The number of halogens is 1. The molecule has 146 valence electrons. The van der Waals surface area contributed by atoms with Crippen LogP contribution in [0.5, 0.6) is 0 Å². The summed E-state index contributed by atoms with van der Waals surface area (Å²) in [5.41, 5.74) is 2.12. The normalized spacial score (nSPS) is 18.0. The van der Waals surface area contributed by atoms with E-state index in [0.717, 1.165) is 42.4 Å². The number of aromatic nitrogens is 4. The maximum atomic E-state index is 12.4. The van der Waals surface area contributed by atoms with Crippen molar-refractivity contribution in [1.29, 1.82) is 0 Å². The number of aryl methyl sites for hydroxylation is 1. The number of likely N-dealkylation sites (tertiary alicyclic amines) is 1. The predicted molar refractivity (Wildman–Crippen MR) is 105 cm³/mol. The molecule has 0 radical (unpaired) electrons. The van der Waals surface area contributed by atoms with Crippen LogP contribution < -0.4 is 5.32 Å². The average Bonchev–Trinajstić information content (AvgIpc) is 3.11. The summed E-state index contributed by atoms with van der Waals surface area (Å²) in [6.45, 7) is 1.84. The van der Waals surface area contributed by atoms with Crippen molar-refractivity contribution < 1.29 is 9.21 Å². The number of hydrogen-bond donors (Lipinski definition) is 1. The quantitative estimate of drug-likeness (QED) is 0.723. The van der Waals surface area contributed by atoms with Crippen LogP contribution in [-0.4, -0.2) is 50.4 Å². The minimum absolute atomic E-state index is 0.0661. The Hall–Kier alpha value is -2.61. The summed E-state index contributed by atoms with van der Waals surface area (Å²) < 4.78 is 7.43. The molecular weight excluding hydrogens is 380 g/mol. The zero-order chi connectivity index (χ0) is 19.3. The molecule has 5 rings (SSSR count). The van der Waals surface area contributed by atoms with E-state index in [1.807, 2.05) is 18.0 Å². The second kappa shape index (κ2) is 6.48. The standard InChI is InChI=1S/C19H21ClN6O2/c1-25-16-13(10-22-25)12(2-3-14(16)20)17-23-24-18(28-17)21-11-15(27)26-8-6-19(4-5-19)7-9-26/h2-3,10H,4-9,11H2,1H3,(H,21,24). The zero-order valence-electron chi connectivity index (χ0n) is 15.6. The Morgan fingerprint density at radius 2 is 2.04 bits per heavy atom. The Bertz CT molecular complexity index is 1040. The Labute approximate surface area is 166 Å². The number of carbonyl (C=O) groups is 1. The molecule has 3 heterocycles. The lowest BCUT2D eigenvalue weighted by Crippen LogP contribution is -2.41. The van der Waals surface area contributed by atoms with E-state index in [2.05, 4.69) is 20.6 Å². The van der Waals surface area contributed by atoms with Gasteiger partial charge in [-0.1, -0.05) is 16.7 Å². The second-order valence-electron chi connectivity index (χ2n) is 7.77. The first-order chi connectivity index (χ1) is 13.5. The van der Waals surface area contributed by atoms with E-state index in [1.165, 1.54) is 12.8 Å². The van der Waals surface area contributed by atoms with E-state index in [1.54, 1.807) is 16.9 Å². The van der Waals surface area contributed by atoms with E-state index >= 15 is 0 Å². The Balaban J connectivity index is 1.27. The fourth-order valence-corrected chi connectivity index (χ4v) is 4.29. The van der Waals surface area contributed by atoms with Crippen molar-refractivity contribution in [2.24, 2.45) is 12.5 Å². The van der Waals surface area contributed by atoms with Crippen molar-refractivity contribution in [3.05, 3.63) is 23.4 Å². The number of nitrogens with one attached hydrogen (secondary N) is 1. The monoisotopic (exact) mass is 400 g/mol. The molecule has 2 fully saturated rings. The fourth-order valence-electron chi connectivity index (χ4n) is 4.00. The highest BCUT2D eigenvalue weighted by Crippen LogP contribution is 2.53. The molecule has 1 aliphatic heterocycles. The number of piperidine rings is 1. The highest BCUT2D eigenvalue weighted by atomic mass is 35.5. The van der Waals surface area contributed by atoms with Gasteiger partial charge in [0.1, 0.15) is 0 Å². The van der Waals surface area contributed by atoms with Crippen LogP contribution in [0.3, 0.4) is 0 Å². The number of nitrogens with zero attached hydrogens (tertiary/aromatic N) is 5. The molecule has 28 heavy (non-hydrogen) atoms. The van der Waals surface area contributed by atoms with Gasteiger partial charge in [0.25, 0.3) is 0 Å². The van der Waals surface area contributed by atoms with Crippen molar-refractivity contribution >= 4 is 34.4 Å². The van der Waals surface area contributed by atoms with Gasteiger partial charge in [-0.2, -0.15) is 5.10 Å². The molecule has 0 unspecified atom stereocenters. The minimum atomic E-state index is 0.0661. The van der Waals surface area contributed by atoms with Crippen molar-refractivity contribution in [2.45, 2.75) is 25.7 Å². The fraction of sp³-hybridized carbons (Fsp3) is 0.474. The van der Waals surface area contributed by atoms with E-state index in [0.29, 0.717) is 16.3 Å². The van der Waals surface area contributed by atoms with Gasteiger partial charge in [0.2, 0.25) is 11.8 Å². The van der Waals surface area contributed by atoms with Gasteiger partial charge in [0, 0.05) is 31.1 Å². The number of hydrogen-bond acceptors (Lipinski definition) is 6. The third-order valence-electron chi connectivity index (χ3n) is 6.03. The number of anilines is 1. The molecule has 1 aromatic carbocycles. The maximum absolute atomic E-state index is 12.4. The van der Waals surface area contributed by atoms with Gasteiger partial charge in [0.15, 0.2) is 0 Å². The smallest absolute Gasteiger partial charge is 0.316 e. The lowest BCUT2D eigenvalue weighted by molar-refractivity contribution is -0.130. The van der Waals surface area contributed by atoms with E-state index < -0.39 is 0 Å². The van der Waals surface area contributed by atoms with Crippen LogP contribution in [0.1, 0.15) is 25.7 Å². The van der Waals surface area contributed by atoms with Crippen molar-refractivity contribution in [3.8, 4) is 11.5 Å². The minimum Gasteiger partial charge on any atom is -0.403 e. The molecule has 1 saturated carbocycles. The SMILES string of the molecule is Cn1ncc2c(-c3nnc(NCC(=O)N4CCC5(CC4)CC5)o3)ccc(Cl)c21. The molecule has 1 amide bonds. The molecule has 1 spiro atoms. The lowest BCUT2D eigenvalue weighted by atomic mass is 9.94. The molecule has 3 aromatic rings. The van der Waals surface area contributed by atoms with E-state index in [9.17, 15) is 4.79 Å². The van der Waals surface area contributed by atoms with Crippen LogP contribution in [0.2, 0.25) is 5.02 Å². The molecule has 1 N–H and O–H groups in total. The van der Waals surface area contributed by atoms with Crippen LogP contribution in [-0.2, 0) is 11.8 Å². The maximum Gasteiger partial charge on any atom is 0.316 e. The van der Waals surface area contributed by atoms with Crippen LogP contribution in [0.4, 0.5) is 6.01 Å². The average molecular weight is 401 g/mol. The molecular formula is C19H21ClN6O2. The topological polar surface area (TPSA) is 89.1 Å². The first-order valence-electron chi connectivity index (χ1n) is 9.50. The molecule has 0 atom stereocenters. The summed E-state index contributed by atoms with van der Waals surface area (Å²) in [5, 5.41) is 16.8. The summed E-state index contributed by atoms with van der Waals surface area (Å²) >= 11 is 6.27. The van der Waals surface area contributed by atoms with Crippen molar-refractivity contribution in [3.63, 3.8) is 0 Å². The largest absolute Gasteiger partial charge is 0.403 e. The van der Waals surface area contributed by atoms with Gasteiger partial charge in [-0.05, 0) is 43.2 Å². The molecule has 9 heteroatoms. The first-order valence-corrected chi connectivity index (χ1v) is 9.88. The molecule has 0 bridgehead atoms. The Morgan fingerprint density at radius 3 is 2.79 bits per heavy atom. The zero-order valence-corrected chi connectivity index (χ0v) is 16.4. The van der Waals surface area contributed by atoms with Gasteiger partial charge in [0.05, 0.1) is 23.3 Å². The van der Waals surface area contributed by atoms with Crippen molar-refractivity contribution in [1.82, 2.24) is 24.9 Å². The van der Waals surface area contributed by atoms with E-state index in [4.69, 9.17) is 16.0 Å². The summed E-state index contributed by atoms with van der Waals surface area (Å²) in [7, 11) is 1.83. The molecule has 1 aliphatic carbocycles. The molecule has 8 nitrogen and oxygen atoms in total. The second-order valence-corrected chi connectivity index (χ2v) is 8.18. The molecule has 2 aromatic heterocycles. The van der Waals surface area contributed by atoms with Crippen LogP contribution >= 0.6 is 11.6 Å². The summed E-state index contributed by atoms with van der Waals surface area (Å²) in [5.74, 6) is 0.426. The third-order valence-corrected chi connectivity index (χ3v) is 6.34. The Kier molecular flexibility index (Phi) is 4.04.